The lowest BCUT2D eigenvalue weighted by Gasteiger charge is -2.10. The van der Waals surface area contributed by atoms with E-state index in [1.54, 1.807) is 37.3 Å². The zero-order chi connectivity index (χ0) is 21.6. The molecule has 0 aliphatic rings. The molecular formula is C20H22F3N5O. The Balaban J connectivity index is 0.00000145. The predicted molar refractivity (Wildman–Crippen MR) is 106 cm³/mol. The van der Waals surface area contributed by atoms with Gasteiger partial charge in [-0.05, 0) is 37.3 Å². The first-order valence-electron chi connectivity index (χ1n) is 9.08. The number of hydrogen-bond acceptors (Lipinski definition) is 4. The lowest BCUT2D eigenvalue weighted by atomic mass is 10.1. The van der Waals surface area contributed by atoms with Gasteiger partial charge < -0.3 is 11.1 Å². The highest BCUT2D eigenvalue weighted by Crippen LogP contribution is 2.33. The molecule has 1 aromatic carbocycles. The Kier molecular flexibility index (Phi) is 6.98. The lowest BCUT2D eigenvalue weighted by molar-refractivity contribution is -0.141. The van der Waals surface area contributed by atoms with E-state index < -0.39 is 11.9 Å². The number of alkyl halides is 3. The van der Waals surface area contributed by atoms with Crippen LogP contribution in [0.3, 0.4) is 0 Å². The number of nitrogens with zero attached hydrogens (tertiary/aromatic N) is 3. The standard InChI is InChI=1S/C18H16F3N5O.C2H6/c1-2-26-13(10-14(25-26)18(19,20)21)12-8-9-15(23-16(12)22)24-17(27)11-6-4-3-5-7-11;1-2/h3-10H,2H2,1H3,(H3,22,23,24,27);1-2H3. The molecule has 0 spiro atoms. The number of pyridine rings is 1. The highest BCUT2D eigenvalue weighted by molar-refractivity contribution is 6.03. The predicted octanol–water partition coefficient (Wildman–Crippen LogP) is 4.84. The van der Waals surface area contributed by atoms with E-state index >= 15 is 0 Å². The number of halogens is 3. The molecule has 29 heavy (non-hydrogen) atoms. The van der Waals surface area contributed by atoms with Crippen molar-refractivity contribution in [1.29, 1.82) is 0 Å². The van der Waals surface area contributed by atoms with Gasteiger partial charge in [0.05, 0.1) is 5.69 Å². The van der Waals surface area contributed by atoms with Crippen LogP contribution in [0, 0.1) is 0 Å². The first-order chi connectivity index (χ1) is 13.8. The molecule has 0 atom stereocenters. The van der Waals surface area contributed by atoms with E-state index in [-0.39, 0.29) is 29.8 Å². The van der Waals surface area contributed by atoms with Crippen molar-refractivity contribution >= 4 is 17.5 Å². The summed E-state index contributed by atoms with van der Waals surface area (Å²) in [6.45, 7) is 5.91. The minimum atomic E-state index is -4.55. The van der Waals surface area contributed by atoms with Crippen molar-refractivity contribution in [3.8, 4) is 11.3 Å². The Labute approximate surface area is 166 Å². The second-order valence-corrected chi connectivity index (χ2v) is 5.68. The monoisotopic (exact) mass is 405 g/mol. The molecule has 2 aromatic heterocycles. The average Bonchev–Trinajstić information content (AvgIpc) is 3.15. The van der Waals surface area contributed by atoms with E-state index in [4.69, 9.17) is 5.73 Å². The third-order valence-electron chi connectivity index (χ3n) is 3.85. The molecule has 9 heteroatoms. The smallest absolute Gasteiger partial charge is 0.383 e. The number of benzene rings is 1. The summed E-state index contributed by atoms with van der Waals surface area (Å²) < 4.78 is 40.0. The normalized spacial score (nSPS) is 10.8. The van der Waals surface area contributed by atoms with Gasteiger partial charge in [-0.25, -0.2) is 4.98 Å². The van der Waals surface area contributed by atoms with Crippen molar-refractivity contribution < 1.29 is 18.0 Å². The Morgan fingerprint density at radius 3 is 2.34 bits per heavy atom. The summed E-state index contributed by atoms with van der Waals surface area (Å²) in [6, 6.07) is 12.4. The van der Waals surface area contributed by atoms with Crippen LogP contribution in [0.15, 0.2) is 48.5 Å². The molecule has 3 N–H and O–H groups in total. The molecule has 154 valence electrons. The minimum absolute atomic E-state index is 0.0100. The van der Waals surface area contributed by atoms with Crippen molar-refractivity contribution in [2.24, 2.45) is 0 Å². The van der Waals surface area contributed by atoms with Crippen molar-refractivity contribution in [3.63, 3.8) is 0 Å². The molecule has 1 amide bonds. The fourth-order valence-electron chi connectivity index (χ4n) is 2.55. The molecule has 0 saturated carbocycles. The molecule has 0 fully saturated rings. The highest BCUT2D eigenvalue weighted by atomic mass is 19.4. The van der Waals surface area contributed by atoms with Gasteiger partial charge in [0.25, 0.3) is 5.91 Å². The van der Waals surface area contributed by atoms with Crippen LogP contribution in [0.1, 0.15) is 36.8 Å². The van der Waals surface area contributed by atoms with Gasteiger partial charge in [-0.1, -0.05) is 32.0 Å². The number of carbonyl (C=O) groups excluding carboxylic acids is 1. The van der Waals surface area contributed by atoms with Gasteiger partial charge in [0, 0.05) is 17.7 Å². The number of aryl methyl sites for hydroxylation is 1. The van der Waals surface area contributed by atoms with Gasteiger partial charge in [0.15, 0.2) is 5.69 Å². The second-order valence-electron chi connectivity index (χ2n) is 5.68. The Morgan fingerprint density at radius 2 is 1.79 bits per heavy atom. The third kappa shape index (κ3) is 5.13. The molecule has 0 unspecified atom stereocenters. The van der Waals surface area contributed by atoms with Crippen LogP contribution in [-0.2, 0) is 12.7 Å². The molecule has 6 nitrogen and oxygen atoms in total. The number of amides is 1. The number of carbonyl (C=O) groups is 1. The molecule has 3 rings (SSSR count). The zero-order valence-electron chi connectivity index (χ0n) is 16.3. The van der Waals surface area contributed by atoms with Gasteiger partial charge in [0.2, 0.25) is 0 Å². The number of hydrogen-bond donors (Lipinski definition) is 2. The van der Waals surface area contributed by atoms with Gasteiger partial charge in [0.1, 0.15) is 11.6 Å². The van der Waals surface area contributed by atoms with Gasteiger partial charge in [-0.15, -0.1) is 0 Å². The molecule has 2 heterocycles. The maximum atomic E-state index is 12.9. The van der Waals surface area contributed by atoms with E-state index in [0.29, 0.717) is 11.1 Å². The van der Waals surface area contributed by atoms with Gasteiger partial charge in [-0.3, -0.25) is 9.48 Å². The van der Waals surface area contributed by atoms with Crippen molar-refractivity contribution in [3.05, 3.63) is 59.8 Å². The summed E-state index contributed by atoms with van der Waals surface area (Å²) >= 11 is 0. The van der Waals surface area contributed by atoms with E-state index in [1.165, 1.54) is 16.8 Å². The van der Waals surface area contributed by atoms with Crippen LogP contribution >= 0.6 is 0 Å². The summed E-state index contributed by atoms with van der Waals surface area (Å²) in [4.78, 5) is 16.2. The maximum absolute atomic E-state index is 12.9. The minimum Gasteiger partial charge on any atom is -0.383 e. The number of nitrogen functional groups attached to an aromatic ring is 1. The topological polar surface area (TPSA) is 85.8 Å². The third-order valence-corrected chi connectivity index (χ3v) is 3.85. The Morgan fingerprint density at radius 1 is 1.14 bits per heavy atom. The van der Waals surface area contributed by atoms with Crippen LogP contribution < -0.4 is 11.1 Å². The largest absolute Gasteiger partial charge is 0.435 e. The molecule has 3 aromatic rings. The summed E-state index contributed by atoms with van der Waals surface area (Å²) in [7, 11) is 0. The first kappa shape index (κ1) is 21.9. The molecule has 0 bridgehead atoms. The van der Waals surface area contributed by atoms with E-state index in [1.807, 2.05) is 13.8 Å². The summed E-state index contributed by atoms with van der Waals surface area (Å²) in [5, 5.41) is 6.17. The number of nitrogens with two attached hydrogens (primary N) is 1. The fourth-order valence-corrected chi connectivity index (χ4v) is 2.55. The van der Waals surface area contributed by atoms with Gasteiger partial charge >= 0.3 is 6.18 Å². The second kappa shape index (κ2) is 9.22. The highest BCUT2D eigenvalue weighted by Gasteiger charge is 2.35. The molecule has 0 aliphatic heterocycles. The van der Waals surface area contributed by atoms with Gasteiger partial charge in [-0.2, -0.15) is 18.3 Å². The fraction of sp³-hybridized carbons (Fsp3) is 0.250. The molecule has 0 aliphatic carbocycles. The quantitative estimate of drug-likeness (QED) is 0.650. The van der Waals surface area contributed by atoms with E-state index in [2.05, 4.69) is 15.4 Å². The van der Waals surface area contributed by atoms with Crippen LogP contribution in [-0.4, -0.2) is 20.7 Å². The maximum Gasteiger partial charge on any atom is 0.435 e. The van der Waals surface area contributed by atoms with Crippen LogP contribution in [0.2, 0.25) is 0 Å². The van der Waals surface area contributed by atoms with Crippen LogP contribution in [0.25, 0.3) is 11.3 Å². The van der Waals surface area contributed by atoms with Crippen molar-refractivity contribution in [2.75, 3.05) is 11.1 Å². The lowest BCUT2D eigenvalue weighted by Crippen LogP contribution is -2.13. The van der Waals surface area contributed by atoms with Crippen LogP contribution in [0.5, 0.6) is 0 Å². The summed E-state index contributed by atoms with van der Waals surface area (Å²) in [5.74, 6) is -0.180. The summed E-state index contributed by atoms with van der Waals surface area (Å²) in [5.41, 5.74) is 5.88. The zero-order valence-corrected chi connectivity index (χ0v) is 16.3. The van der Waals surface area contributed by atoms with Crippen LogP contribution in [0.4, 0.5) is 24.8 Å². The van der Waals surface area contributed by atoms with E-state index in [9.17, 15) is 18.0 Å². The Bertz CT molecular complexity index is 968. The van der Waals surface area contributed by atoms with Crippen molar-refractivity contribution in [2.45, 2.75) is 33.5 Å². The summed E-state index contributed by atoms with van der Waals surface area (Å²) in [6.07, 6.45) is -4.55. The number of rotatable bonds is 4. The van der Waals surface area contributed by atoms with Crippen molar-refractivity contribution in [1.82, 2.24) is 14.8 Å². The molecule has 0 saturated heterocycles. The number of anilines is 2. The number of nitrogens with one attached hydrogen (secondary N) is 1. The average molecular weight is 405 g/mol. The molecular weight excluding hydrogens is 383 g/mol. The Hall–Kier alpha value is -3.36. The van der Waals surface area contributed by atoms with E-state index in [0.717, 1.165) is 6.07 Å². The molecule has 0 radical (unpaired) electrons. The first-order valence-corrected chi connectivity index (χ1v) is 9.08. The number of aromatic nitrogens is 3. The SMILES string of the molecule is CC.CCn1nc(C(F)(F)F)cc1-c1ccc(NC(=O)c2ccccc2)nc1N.